The maximum atomic E-state index is 13.7. The maximum Gasteiger partial charge on any atom is 0.234 e. The minimum Gasteiger partial charge on any atom is -0.323 e. The topological polar surface area (TPSA) is 59.3 Å². The van der Waals surface area contributed by atoms with Crippen molar-refractivity contribution in [3.05, 3.63) is 77.6 Å². The van der Waals surface area contributed by atoms with Gasteiger partial charge in [0.05, 0.1) is 22.7 Å². The zero-order valence-electron chi connectivity index (χ0n) is 16.3. The Morgan fingerprint density at radius 3 is 2.70 bits per heavy atom. The number of rotatable bonds is 5. The number of thioether (sulfide) groups is 1. The third-order valence-corrected chi connectivity index (χ3v) is 5.70. The number of hydrogen-bond acceptors (Lipinski definition) is 4. The fourth-order valence-corrected chi connectivity index (χ4v) is 3.74. The number of hydrogen-bond donors (Lipinski definition) is 1. The standard InChI is InChI=1S/C22H18F2N4OS/c1-13-3-4-15(9-14(13)2)19-11-20-22(25-7-8-28(20)27-19)30-12-21(29)26-18-6-5-16(23)10-17(18)24/h3-11H,12H2,1-2H3,(H,26,29). The van der Waals surface area contributed by atoms with Crippen LogP contribution in [0.25, 0.3) is 16.8 Å². The number of benzene rings is 2. The van der Waals surface area contributed by atoms with Crippen molar-refractivity contribution in [1.82, 2.24) is 14.6 Å². The van der Waals surface area contributed by atoms with Crippen molar-refractivity contribution in [2.24, 2.45) is 0 Å². The van der Waals surface area contributed by atoms with Crippen LogP contribution in [0, 0.1) is 25.5 Å². The highest BCUT2D eigenvalue weighted by Crippen LogP contribution is 2.27. The zero-order valence-corrected chi connectivity index (χ0v) is 17.1. The molecule has 0 unspecified atom stereocenters. The first-order chi connectivity index (χ1) is 14.4. The lowest BCUT2D eigenvalue weighted by molar-refractivity contribution is -0.113. The van der Waals surface area contributed by atoms with Gasteiger partial charge < -0.3 is 5.32 Å². The molecule has 0 radical (unpaired) electrons. The molecule has 0 aliphatic rings. The van der Waals surface area contributed by atoms with Crippen molar-refractivity contribution in [2.75, 3.05) is 11.1 Å². The molecule has 0 atom stereocenters. The fraction of sp³-hybridized carbons (Fsp3) is 0.136. The second-order valence-electron chi connectivity index (χ2n) is 6.85. The highest BCUT2D eigenvalue weighted by molar-refractivity contribution is 8.00. The van der Waals surface area contributed by atoms with E-state index in [0.29, 0.717) is 5.03 Å². The Labute approximate surface area is 176 Å². The minimum atomic E-state index is -0.817. The molecule has 8 heteroatoms. The number of aryl methyl sites for hydroxylation is 2. The molecule has 4 rings (SSSR count). The van der Waals surface area contributed by atoms with Crippen molar-refractivity contribution in [3.8, 4) is 11.3 Å². The summed E-state index contributed by atoms with van der Waals surface area (Å²) >= 11 is 1.22. The summed E-state index contributed by atoms with van der Waals surface area (Å²) < 4.78 is 28.4. The molecule has 1 N–H and O–H groups in total. The molecule has 0 saturated heterocycles. The van der Waals surface area contributed by atoms with Crippen LogP contribution in [0.15, 0.2) is 59.9 Å². The molecular weight excluding hydrogens is 406 g/mol. The highest BCUT2D eigenvalue weighted by Gasteiger charge is 2.13. The lowest BCUT2D eigenvalue weighted by atomic mass is 10.0. The Morgan fingerprint density at radius 2 is 1.93 bits per heavy atom. The third kappa shape index (κ3) is 4.18. The number of carbonyl (C=O) groups is 1. The molecule has 0 aliphatic carbocycles. The molecular formula is C22H18F2N4OS. The number of fused-ring (bicyclic) bond motifs is 1. The van der Waals surface area contributed by atoms with Gasteiger partial charge in [0.2, 0.25) is 5.91 Å². The van der Waals surface area contributed by atoms with E-state index in [4.69, 9.17) is 0 Å². The lowest BCUT2D eigenvalue weighted by Gasteiger charge is -2.06. The second-order valence-corrected chi connectivity index (χ2v) is 7.82. The maximum absolute atomic E-state index is 13.7. The summed E-state index contributed by atoms with van der Waals surface area (Å²) in [7, 11) is 0. The largest absolute Gasteiger partial charge is 0.323 e. The SMILES string of the molecule is Cc1ccc(-c2cc3c(SCC(=O)Nc4ccc(F)cc4F)nccn3n2)cc1C. The number of halogens is 2. The van der Waals surface area contributed by atoms with Gasteiger partial charge in [-0.3, -0.25) is 4.79 Å². The van der Waals surface area contributed by atoms with Gasteiger partial charge in [-0.2, -0.15) is 5.10 Å². The Kier molecular flexibility index (Phi) is 5.50. The molecule has 0 saturated carbocycles. The van der Waals surface area contributed by atoms with Gasteiger partial charge in [-0.25, -0.2) is 18.3 Å². The predicted molar refractivity (Wildman–Crippen MR) is 114 cm³/mol. The van der Waals surface area contributed by atoms with Crippen LogP contribution >= 0.6 is 11.8 Å². The van der Waals surface area contributed by atoms with E-state index in [-0.39, 0.29) is 11.4 Å². The van der Waals surface area contributed by atoms with Gasteiger partial charge in [0.25, 0.3) is 0 Å². The smallest absolute Gasteiger partial charge is 0.234 e. The van der Waals surface area contributed by atoms with E-state index in [1.165, 1.54) is 29.0 Å². The van der Waals surface area contributed by atoms with Crippen LogP contribution in [0.5, 0.6) is 0 Å². The molecule has 2 aromatic heterocycles. The molecule has 5 nitrogen and oxygen atoms in total. The van der Waals surface area contributed by atoms with Gasteiger partial charge >= 0.3 is 0 Å². The first-order valence-electron chi connectivity index (χ1n) is 9.20. The van der Waals surface area contributed by atoms with Crippen molar-refractivity contribution in [1.29, 1.82) is 0 Å². The van der Waals surface area contributed by atoms with E-state index in [9.17, 15) is 13.6 Å². The second kappa shape index (κ2) is 8.23. The van der Waals surface area contributed by atoms with Crippen LogP contribution in [-0.2, 0) is 4.79 Å². The van der Waals surface area contributed by atoms with E-state index in [0.717, 1.165) is 28.9 Å². The summed E-state index contributed by atoms with van der Waals surface area (Å²) in [5.74, 6) is -1.91. The summed E-state index contributed by atoms with van der Waals surface area (Å²) in [6.45, 7) is 4.12. The third-order valence-electron chi connectivity index (χ3n) is 4.70. The number of amides is 1. The first kappa shape index (κ1) is 20.0. The Hall–Kier alpha value is -3.26. The molecule has 0 bridgehead atoms. The molecule has 152 valence electrons. The summed E-state index contributed by atoms with van der Waals surface area (Å²) in [5, 5.41) is 7.69. The van der Waals surface area contributed by atoms with E-state index in [1.54, 1.807) is 16.9 Å². The van der Waals surface area contributed by atoms with E-state index in [2.05, 4.69) is 41.4 Å². The molecule has 2 aromatic carbocycles. The molecule has 1 amide bonds. The van der Waals surface area contributed by atoms with E-state index < -0.39 is 17.5 Å². The van der Waals surface area contributed by atoms with Gasteiger partial charge in [0.1, 0.15) is 16.7 Å². The predicted octanol–water partition coefficient (Wildman–Crippen LogP) is 5.02. The monoisotopic (exact) mass is 424 g/mol. The molecule has 4 aromatic rings. The van der Waals surface area contributed by atoms with Crippen LogP contribution in [0.3, 0.4) is 0 Å². The van der Waals surface area contributed by atoms with Crippen molar-refractivity contribution in [2.45, 2.75) is 18.9 Å². The van der Waals surface area contributed by atoms with E-state index >= 15 is 0 Å². The lowest BCUT2D eigenvalue weighted by Crippen LogP contribution is -2.15. The molecule has 2 heterocycles. The van der Waals surface area contributed by atoms with Gasteiger partial charge in [0.15, 0.2) is 0 Å². The number of nitrogens with zero attached hydrogens (tertiary/aromatic N) is 3. The number of carbonyl (C=O) groups excluding carboxylic acids is 1. The number of anilines is 1. The average Bonchev–Trinajstić information content (AvgIpc) is 3.15. The van der Waals surface area contributed by atoms with Crippen LogP contribution in [0.4, 0.5) is 14.5 Å². The normalized spacial score (nSPS) is 11.1. The van der Waals surface area contributed by atoms with Crippen molar-refractivity contribution < 1.29 is 13.6 Å². The van der Waals surface area contributed by atoms with Crippen molar-refractivity contribution >= 4 is 28.9 Å². The first-order valence-corrected chi connectivity index (χ1v) is 10.2. The van der Waals surface area contributed by atoms with Gasteiger partial charge in [-0.15, -0.1) is 0 Å². The van der Waals surface area contributed by atoms with Crippen LogP contribution < -0.4 is 5.32 Å². The van der Waals surface area contributed by atoms with Crippen LogP contribution in [0.2, 0.25) is 0 Å². The van der Waals surface area contributed by atoms with E-state index in [1.807, 2.05) is 12.1 Å². The fourth-order valence-electron chi connectivity index (χ4n) is 2.96. The molecule has 0 spiro atoms. The minimum absolute atomic E-state index is 0.0215. The summed E-state index contributed by atoms with van der Waals surface area (Å²) in [4.78, 5) is 16.6. The van der Waals surface area contributed by atoms with Gasteiger partial charge in [0, 0.05) is 24.0 Å². The van der Waals surface area contributed by atoms with Crippen LogP contribution in [-0.4, -0.2) is 26.3 Å². The molecule has 30 heavy (non-hydrogen) atoms. The summed E-state index contributed by atoms with van der Waals surface area (Å²) in [5.41, 5.74) is 4.92. The Balaban J connectivity index is 1.52. The highest BCUT2D eigenvalue weighted by atomic mass is 32.2. The quantitative estimate of drug-likeness (QED) is 0.457. The van der Waals surface area contributed by atoms with Crippen molar-refractivity contribution in [3.63, 3.8) is 0 Å². The molecule has 0 aliphatic heterocycles. The van der Waals surface area contributed by atoms with Gasteiger partial charge in [-0.05, 0) is 49.2 Å². The zero-order chi connectivity index (χ0) is 21.3. The summed E-state index contributed by atoms with van der Waals surface area (Å²) in [6, 6.07) is 11.1. The number of aromatic nitrogens is 3. The Bertz CT molecular complexity index is 1260. The number of nitrogens with one attached hydrogen (secondary N) is 1. The Morgan fingerprint density at radius 1 is 1.10 bits per heavy atom. The van der Waals surface area contributed by atoms with Gasteiger partial charge in [-0.1, -0.05) is 23.9 Å². The molecule has 0 fully saturated rings. The summed E-state index contributed by atoms with van der Waals surface area (Å²) in [6.07, 6.45) is 3.36. The average molecular weight is 424 g/mol. The van der Waals surface area contributed by atoms with Crippen LogP contribution in [0.1, 0.15) is 11.1 Å².